The number of hydrogen-bond acceptors (Lipinski definition) is 2. The Balaban J connectivity index is 1.92. The largest absolute Gasteiger partial charge is 0.299 e. The lowest BCUT2D eigenvalue weighted by Crippen LogP contribution is -2.21. The van der Waals surface area contributed by atoms with Gasteiger partial charge in [-0.3, -0.25) is 9.79 Å². The highest BCUT2D eigenvalue weighted by molar-refractivity contribution is 6.02. The van der Waals surface area contributed by atoms with E-state index in [-0.39, 0.29) is 11.7 Å². The molecule has 19 heavy (non-hydrogen) atoms. The van der Waals surface area contributed by atoms with Crippen LogP contribution >= 0.6 is 0 Å². The van der Waals surface area contributed by atoms with E-state index in [0.29, 0.717) is 6.42 Å². The molecular formula is C17H15NO. The standard InChI is InChI=1S/C17H15NO/c19-17-11-10-13-6-4-5-9-15(13)16(17)12-18-14-7-2-1-3-8-14/h1-9,12,16H,10-11H2. The van der Waals surface area contributed by atoms with Gasteiger partial charge in [0.1, 0.15) is 5.78 Å². The highest BCUT2D eigenvalue weighted by Crippen LogP contribution is 2.28. The predicted octanol–water partition coefficient (Wildman–Crippen LogP) is 3.69. The molecule has 1 aliphatic carbocycles. The van der Waals surface area contributed by atoms with E-state index in [9.17, 15) is 4.79 Å². The maximum absolute atomic E-state index is 12.1. The van der Waals surface area contributed by atoms with Crippen LogP contribution in [0.3, 0.4) is 0 Å². The molecule has 0 N–H and O–H groups in total. The zero-order valence-corrected chi connectivity index (χ0v) is 10.6. The third-order valence-corrected chi connectivity index (χ3v) is 3.51. The Morgan fingerprint density at radius 1 is 0.947 bits per heavy atom. The van der Waals surface area contributed by atoms with Crippen LogP contribution in [0.15, 0.2) is 59.6 Å². The fourth-order valence-corrected chi connectivity index (χ4v) is 2.49. The number of para-hydroxylation sites is 1. The van der Waals surface area contributed by atoms with Gasteiger partial charge in [-0.25, -0.2) is 0 Å². The molecule has 3 rings (SSSR count). The van der Waals surface area contributed by atoms with Crippen molar-refractivity contribution in [1.29, 1.82) is 0 Å². The molecule has 2 aromatic carbocycles. The number of hydrogen-bond donors (Lipinski definition) is 0. The molecule has 1 unspecified atom stereocenters. The summed E-state index contributed by atoms with van der Waals surface area (Å²) in [6.07, 6.45) is 3.25. The highest BCUT2D eigenvalue weighted by atomic mass is 16.1. The molecule has 0 radical (unpaired) electrons. The third kappa shape index (κ3) is 2.48. The van der Waals surface area contributed by atoms with E-state index in [0.717, 1.165) is 17.7 Å². The minimum Gasteiger partial charge on any atom is -0.299 e. The molecule has 0 aromatic heterocycles. The Morgan fingerprint density at radius 3 is 2.53 bits per heavy atom. The quantitative estimate of drug-likeness (QED) is 0.746. The van der Waals surface area contributed by atoms with Crippen molar-refractivity contribution >= 4 is 17.7 Å². The number of rotatable bonds is 2. The molecular weight excluding hydrogens is 234 g/mol. The number of nitrogens with zero attached hydrogens (tertiary/aromatic N) is 1. The second-order valence-electron chi connectivity index (χ2n) is 4.76. The van der Waals surface area contributed by atoms with Gasteiger partial charge in [0.2, 0.25) is 0 Å². The van der Waals surface area contributed by atoms with E-state index >= 15 is 0 Å². The Hall–Kier alpha value is -2.22. The second-order valence-corrected chi connectivity index (χ2v) is 4.76. The lowest BCUT2D eigenvalue weighted by Gasteiger charge is -2.21. The Morgan fingerprint density at radius 2 is 1.68 bits per heavy atom. The minimum atomic E-state index is -0.190. The van der Waals surface area contributed by atoms with Crippen LogP contribution in [0, 0.1) is 0 Å². The van der Waals surface area contributed by atoms with Crippen LogP contribution in [-0.2, 0) is 11.2 Å². The smallest absolute Gasteiger partial charge is 0.146 e. The number of ketones is 1. The van der Waals surface area contributed by atoms with Crippen LogP contribution in [0.2, 0.25) is 0 Å². The van der Waals surface area contributed by atoms with Crippen molar-refractivity contribution in [3.8, 4) is 0 Å². The molecule has 0 amide bonds. The Labute approximate surface area is 112 Å². The van der Waals surface area contributed by atoms with Gasteiger partial charge in [0, 0.05) is 12.6 Å². The summed E-state index contributed by atoms with van der Waals surface area (Å²) in [5.41, 5.74) is 3.27. The van der Waals surface area contributed by atoms with E-state index in [1.807, 2.05) is 48.5 Å². The van der Waals surface area contributed by atoms with Crippen LogP contribution in [0.25, 0.3) is 0 Å². The Bertz CT molecular complexity index is 616. The van der Waals surface area contributed by atoms with Crippen molar-refractivity contribution in [2.45, 2.75) is 18.8 Å². The maximum Gasteiger partial charge on any atom is 0.146 e. The number of Topliss-reactive ketones (excluding diaryl/α,β-unsaturated/α-hetero) is 1. The summed E-state index contributed by atoms with van der Waals surface area (Å²) in [6.45, 7) is 0. The molecule has 94 valence electrons. The van der Waals surface area contributed by atoms with Crippen molar-refractivity contribution in [2.24, 2.45) is 4.99 Å². The molecule has 2 nitrogen and oxygen atoms in total. The van der Waals surface area contributed by atoms with Crippen molar-refractivity contribution < 1.29 is 4.79 Å². The zero-order valence-electron chi connectivity index (χ0n) is 10.6. The van der Waals surface area contributed by atoms with Crippen LogP contribution in [0.1, 0.15) is 23.5 Å². The summed E-state index contributed by atoms with van der Waals surface area (Å²) in [5, 5.41) is 0. The van der Waals surface area contributed by atoms with Crippen LogP contribution in [0.5, 0.6) is 0 Å². The lowest BCUT2D eigenvalue weighted by atomic mass is 9.82. The maximum atomic E-state index is 12.1. The van der Waals surface area contributed by atoms with Gasteiger partial charge in [-0.15, -0.1) is 0 Å². The van der Waals surface area contributed by atoms with Crippen molar-refractivity contribution in [3.05, 3.63) is 65.7 Å². The molecule has 1 aliphatic rings. The number of aryl methyl sites for hydroxylation is 1. The third-order valence-electron chi connectivity index (χ3n) is 3.51. The number of fused-ring (bicyclic) bond motifs is 1. The van der Waals surface area contributed by atoms with E-state index in [2.05, 4.69) is 11.1 Å². The second kappa shape index (κ2) is 5.19. The van der Waals surface area contributed by atoms with Crippen molar-refractivity contribution in [3.63, 3.8) is 0 Å². The first-order chi connectivity index (χ1) is 9.34. The molecule has 2 aromatic rings. The van der Waals surface area contributed by atoms with Gasteiger partial charge >= 0.3 is 0 Å². The Kier molecular flexibility index (Phi) is 3.23. The summed E-state index contributed by atoms with van der Waals surface area (Å²) in [4.78, 5) is 16.5. The van der Waals surface area contributed by atoms with E-state index in [1.165, 1.54) is 5.56 Å². The first-order valence-corrected chi connectivity index (χ1v) is 6.54. The molecule has 1 atom stereocenters. The van der Waals surface area contributed by atoms with Gasteiger partial charge < -0.3 is 0 Å². The highest BCUT2D eigenvalue weighted by Gasteiger charge is 2.25. The average Bonchev–Trinajstić information content (AvgIpc) is 2.47. The first kappa shape index (κ1) is 11.8. The number of aliphatic imine (C=N–C) groups is 1. The number of benzene rings is 2. The van der Waals surface area contributed by atoms with Gasteiger partial charge in [-0.1, -0.05) is 42.5 Å². The van der Waals surface area contributed by atoms with E-state index < -0.39 is 0 Å². The normalized spacial score (nSPS) is 18.5. The lowest BCUT2D eigenvalue weighted by molar-refractivity contribution is -0.119. The van der Waals surface area contributed by atoms with Crippen molar-refractivity contribution in [2.75, 3.05) is 0 Å². The van der Waals surface area contributed by atoms with Crippen LogP contribution in [-0.4, -0.2) is 12.0 Å². The fraction of sp³-hybridized carbons (Fsp3) is 0.176. The van der Waals surface area contributed by atoms with Crippen molar-refractivity contribution in [1.82, 2.24) is 0 Å². The molecule has 0 saturated heterocycles. The first-order valence-electron chi connectivity index (χ1n) is 6.54. The molecule has 0 fully saturated rings. The molecule has 0 aliphatic heterocycles. The monoisotopic (exact) mass is 249 g/mol. The van der Waals surface area contributed by atoms with Gasteiger partial charge in [0.25, 0.3) is 0 Å². The topological polar surface area (TPSA) is 29.4 Å². The minimum absolute atomic E-state index is 0.190. The summed E-state index contributed by atoms with van der Waals surface area (Å²) in [7, 11) is 0. The van der Waals surface area contributed by atoms with Gasteiger partial charge in [0.15, 0.2) is 0 Å². The van der Waals surface area contributed by atoms with Gasteiger partial charge in [-0.05, 0) is 29.7 Å². The summed E-state index contributed by atoms with van der Waals surface area (Å²) in [6, 6.07) is 17.9. The molecule has 0 spiro atoms. The fourth-order valence-electron chi connectivity index (χ4n) is 2.49. The zero-order chi connectivity index (χ0) is 13.1. The number of carbonyl (C=O) groups is 1. The van der Waals surface area contributed by atoms with Crippen LogP contribution in [0.4, 0.5) is 5.69 Å². The number of carbonyl (C=O) groups excluding carboxylic acids is 1. The van der Waals surface area contributed by atoms with E-state index in [4.69, 9.17) is 0 Å². The summed E-state index contributed by atoms with van der Waals surface area (Å²) in [5.74, 6) is 0.0727. The van der Waals surface area contributed by atoms with Gasteiger partial charge in [0.05, 0.1) is 11.6 Å². The molecule has 0 bridgehead atoms. The average molecular weight is 249 g/mol. The van der Waals surface area contributed by atoms with Gasteiger partial charge in [-0.2, -0.15) is 0 Å². The summed E-state index contributed by atoms with van der Waals surface area (Å²) < 4.78 is 0. The summed E-state index contributed by atoms with van der Waals surface area (Å²) >= 11 is 0. The van der Waals surface area contributed by atoms with E-state index in [1.54, 1.807) is 6.21 Å². The molecule has 0 heterocycles. The SMILES string of the molecule is O=C1CCc2ccccc2C1C=Nc1ccccc1. The molecule has 0 saturated carbocycles. The predicted molar refractivity (Wildman–Crippen MR) is 77.1 cm³/mol. The van der Waals surface area contributed by atoms with Crippen LogP contribution < -0.4 is 0 Å². The molecule has 2 heteroatoms.